The first-order valence-electron chi connectivity index (χ1n) is 6.60. The smallest absolute Gasteiger partial charge is 0.315 e. The van der Waals surface area contributed by atoms with E-state index in [1.807, 2.05) is 0 Å². The van der Waals surface area contributed by atoms with Gasteiger partial charge < -0.3 is 9.84 Å². The van der Waals surface area contributed by atoms with Crippen LogP contribution in [0.15, 0.2) is 28.2 Å². The monoisotopic (exact) mass is 353 g/mol. The normalized spacial score (nSPS) is 10.8. The van der Waals surface area contributed by atoms with Gasteiger partial charge in [0.25, 0.3) is 5.56 Å². The first-order chi connectivity index (χ1) is 11.4. The molecule has 0 saturated carbocycles. The molecule has 0 aliphatic rings. The summed E-state index contributed by atoms with van der Waals surface area (Å²) in [5.74, 6) is -0.599. The number of rotatable bonds is 6. The summed E-state index contributed by atoms with van der Waals surface area (Å²) in [4.78, 5) is 21.5. The van der Waals surface area contributed by atoms with Crippen LogP contribution in [0.25, 0.3) is 0 Å². The van der Waals surface area contributed by atoms with Gasteiger partial charge in [-0.3, -0.25) is 20.3 Å². The van der Waals surface area contributed by atoms with Crippen LogP contribution in [0, 0.1) is 10.1 Å². The Bertz CT molecular complexity index is 851. The predicted molar refractivity (Wildman–Crippen MR) is 87.0 cm³/mol. The molecule has 0 radical (unpaired) electrons. The summed E-state index contributed by atoms with van der Waals surface area (Å²) in [6.45, 7) is 1.90. The fourth-order valence-corrected chi connectivity index (χ4v) is 1.86. The number of hydrogen-bond donors (Lipinski definition) is 3. The average Bonchev–Trinajstić information content (AvgIpc) is 2.54. The van der Waals surface area contributed by atoms with Gasteiger partial charge >= 0.3 is 5.69 Å². The van der Waals surface area contributed by atoms with E-state index in [1.54, 1.807) is 6.92 Å². The van der Waals surface area contributed by atoms with Crippen molar-refractivity contribution in [2.75, 3.05) is 12.0 Å². The second-order valence-electron chi connectivity index (χ2n) is 4.37. The Balaban J connectivity index is 2.30. The van der Waals surface area contributed by atoms with Crippen molar-refractivity contribution in [2.24, 2.45) is 5.10 Å². The molecule has 126 valence electrons. The van der Waals surface area contributed by atoms with E-state index in [9.17, 15) is 20.0 Å². The van der Waals surface area contributed by atoms with Gasteiger partial charge in [0, 0.05) is 11.6 Å². The summed E-state index contributed by atoms with van der Waals surface area (Å²) < 4.78 is 5.15. The number of nitro benzene ring substituents is 1. The third kappa shape index (κ3) is 3.79. The Hall–Kier alpha value is -3.14. The fraction of sp³-hybridized carbons (Fsp3) is 0.154. The number of aromatic nitrogens is 2. The van der Waals surface area contributed by atoms with Gasteiger partial charge in [0.1, 0.15) is 10.7 Å². The van der Waals surface area contributed by atoms with E-state index < -0.39 is 21.9 Å². The van der Waals surface area contributed by atoms with Gasteiger partial charge in [0.2, 0.25) is 5.75 Å². The van der Waals surface area contributed by atoms with E-state index in [0.717, 1.165) is 6.07 Å². The van der Waals surface area contributed by atoms with Gasteiger partial charge in [-0.15, -0.1) is 0 Å². The molecule has 0 saturated heterocycles. The first kappa shape index (κ1) is 17.2. The number of phenols is 1. The maximum atomic E-state index is 11.3. The van der Waals surface area contributed by atoms with Crippen molar-refractivity contribution >= 4 is 29.2 Å². The van der Waals surface area contributed by atoms with Crippen molar-refractivity contribution in [3.05, 3.63) is 49.4 Å². The van der Waals surface area contributed by atoms with Crippen LogP contribution in [0.5, 0.6) is 11.5 Å². The van der Waals surface area contributed by atoms with Crippen LogP contribution in [0.3, 0.4) is 0 Å². The van der Waals surface area contributed by atoms with Crippen molar-refractivity contribution < 1.29 is 14.8 Å². The maximum absolute atomic E-state index is 11.3. The molecule has 2 rings (SSSR count). The van der Waals surface area contributed by atoms with E-state index >= 15 is 0 Å². The van der Waals surface area contributed by atoms with Crippen molar-refractivity contribution in [1.29, 1.82) is 0 Å². The maximum Gasteiger partial charge on any atom is 0.315 e. The Morgan fingerprint density at radius 2 is 2.33 bits per heavy atom. The average molecular weight is 354 g/mol. The molecule has 0 unspecified atom stereocenters. The summed E-state index contributed by atoms with van der Waals surface area (Å²) >= 11 is 5.77. The van der Waals surface area contributed by atoms with Crippen molar-refractivity contribution in [3.8, 4) is 11.5 Å². The number of nitro groups is 1. The molecule has 10 nitrogen and oxygen atoms in total. The molecule has 0 aliphatic heterocycles. The molecule has 3 N–H and O–H groups in total. The molecule has 0 aliphatic carbocycles. The van der Waals surface area contributed by atoms with E-state index in [2.05, 4.69) is 20.7 Å². The lowest BCUT2D eigenvalue weighted by Gasteiger charge is -2.07. The van der Waals surface area contributed by atoms with E-state index in [4.69, 9.17) is 16.3 Å². The number of aromatic amines is 1. The Kier molecular flexibility index (Phi) is 5.32. The second kappa shape index (κ2) is 7.42. The molecule has 0 amide bonds. The number of hydrogen-bond acceptors (Lipinski definition) is 8. The minimum atomic E-state index is -0.736. The summed E-state index contributed by atoms with van der Waals surface area (Å²) in [6.07, 6.45) is 2.50. The minimum Gasteiger partial charge on any atom is -0.500 e. The number of anilines is 1. The lowest BCUT2D eigenvalue weighted by atomic mass is 10.2. The third-order valence-corrected chi connectivity index (χ3v) is 3.14. The Labute approximate surface area is 139 Å². The number of halogens is 1. The topological polar surface area (TPSA) is 143 Å². The van der Waals surface area contributed by atoms with Crippen LogP contribution in [0.1, 0.15) is 12.5 Å². The van der Waals surface area contributed by atoms with Crippen molar-refractivity contribution in [3.63, 3.8) is 0 Å². The quantitative estimate of drug-likeness (QED) is 0.408. The van der Waals surface area contributed by atoms with Crippen LogP contribution in [0.2, 0.25) is 5.02 Å². The number of ether oxygens (including phenoxy) is 1. The highest BCUT2D eigenvalue weighted by Gasteiger charge is 2.19. The van der Waals surface area contributed by atoms with E-state index in [0.29, 0.717) is 5.56 Å². The second-order valence-corrected chi connectivity index (χ2v) is 4.75. The number of phenolic OH excluding ortho intramolecular Hbond substituents is 1. The lowest BCUT2D eigenvalue weighted by Crippen LogP contribution is -2.10. The zero-order valence-electron chi connectivity index (χ0n) is 12.3. The molecule has 11 heteroatoms. The van der Waals surface area contributed by atoms with Crippen LogP contribution < -0.4 is 15.7 Å². The van der Waals surface area contributed by atoms with Gasteiger partial charge in [-0.1, -0.05) is 11.6 Å². The first-order valence-corrected chi connectivity index (χ1v) is 6.98. The molecular weight excluding hydrogens is 342 g/mol. The van der Waals surface area contributed by atoms with Gasteiger partial charge in [-0.05, 0) is 13.0 Å². The fourth-order valence-electron chi connectivity index (χ4n) is 1.73. The minimum absolute atomic E-state index is 0.0380. The highest BCUT2D eigenvalue weighted by atomic mass is 35.5. The number of hydrazone groups is 1. The Morgan fingerprint density at radius 1 is 1.58 bits per heavy atom. The van der Waals surface area contributed by atoms with Gasteiger partial charge in [0.05, 0.1) is 23.9 Å². The number of nitrogens with one attached hydrogen (secondary N) is 2. The molecule has 0 fully saturated rings. The van der Waals surface area contributed by atoms with E-state index in [1.165, 1.54) is 18.5 Å². The molecular formula is C13H12ClN5O5. The van der Waals surface area contributed by atoms with E-state index in [-0.39, 0.29) is 23.1 Å². The largest absolute Gasteiger partial charge is 0.500 e. The highest BCUT2D eigenvalue weighted by molar-refractivity contribution is 6.32. The summed E-state index contributed by atoms with van der Waals surface area (Å²) in [6, 6.07) is 2.51. The summed E-state index contributed by atoms with van der Waals surface area (Å²) in [7, 11) is 0. The SMILES string of the molecule is CCOc1cc(/C=N\Nc2cn[nH]c(=O)c2Cl)cc([N+](=O)[O-])c1O. The third-order valence-electron chi connectivity index (χ3n) is 2.77. The lowest BCUT2D eigenvalue weighted by molar-refractivity contribution is -0.386. The zero-order chi connectivity index (χ0) is 17.7. The van der Waals surface area contributed by atoms with Crippen LogP contribution in [-0.2, 0) is 0 Å². The zero-order valence-corrected chi connectivity index (χ0v) is 13.1. The van der Waals surface area contributed by atoms with Crippen LogP contribution >= 0.6 is 11.6 Å². The summed E-state index contributed by atoms with van der Waals surface area (Å²) in [5, 5.41) is 30.2. The molecule has 2 aromatic rings. The van der Waals surface area contributed by atoms with Crippen LogP contribution in [-0.4, -0.2) is 33.0 Å². The molecule has 1 heterocycles. The molecule has 0 bridgehead atoms. The van der Waals surface area contributed by atoms with Crippen LogP contribution in [0.4, 0.5) is 11.4 Å². The van der Waals surface area contributed by atoms with Gasteiger partial charge in [-0.2, -0.15) is 10.2 Å². The molecule has 24 heavy (non-hydrogen) atoms. The standard InChI is InChI=1S/C13H12ClN5O5/c1-2-24-10-4-7(3-9(12(10)20)19(22)23)5-15-17-8-6-16-18-13(21)11(8)14/h3-6,20H,2H2,1H3,(H2,17,18,21)/b15-5-. The van der Waals surface area contributed by atoms with Crippen molar-refractivity contribution in [1.82, 2.24) is 10.2 Å². The van der Waals surface area contributed by atoms with Gasteiger partial charge in [-0.25, -0.2) is 5.10 Å². The number of H-pyrrole nitrogens is 1. The van der Waals surface area contributed by atoms with Gasteiger partial charge in [0.15, 0.2) is 5.75 Å². The molecule has 1 aromatic heterocycles. The molecule has 1 aromatic carbocycles. The Morgan fingerprint density at radius 3 is 3.00 bits per heavy atom. The predicted octanol–water partition coefficient (Wildman–Crippen LogP) is 1.88. The number of nitrogens with zero attached hydrogens (tertiary/aromatic N) is 3. The highest BCUT2D eigenvalue weighted by Crippen LogP contribution is 2.36. The number of aromatic hydroxyl groups is 1. The molecule has 0 atom stereocenters. The van der Waals surface area contributed by atoms with Crippen molar-refractivity contribution in [2.45, 2.75) is 6.92 Å². The number of benzene rings is 1. The summed E-state index contributed by atoms with van der Waals surface area (Å²) in [5.41, 5.74) is 1.85. The molecule has 0 spiro atoms.